The maximum absolute atomic E-state index is 11.3. The fraction of sp³-hybridized carbons (Fsp3) is 0.667. The van der Waals surface area contributed by atoms with E-state index in [1.807, 2.05) is 0 Å². The largest absolute Gasteiger partial charge is 0.326 e. The van der Waals surface area contributed by atoms with E-state index in [0.29, 0.717) is 36.8 Å². The van der Waals surface area contributed by atoms with Gasteiger partial charge in [0.25, 0.3) is 0 Å². The van der Waals surface area contributed by atoms with Crippen LogP contribution in [-0.2, 0) is 16.4 Å². The number of aromatic nitrogens is 1. The Balaban J connectivity index is 2.07. The Morgan fingerprint density at radius 3 is 2.67 bits per heavy atom. The summed E-state index contributed by atoms with van der Waals surface area (Å²) in [4.78, 5) is 5.37. The second-order valence-corrected chi connectivity index (χ2v) is 7.25. The van der Waals surface area contributed by atoms with Crippen molar-refractivity contribution in [1.29, 1.82) is 0 Å². The van der Waals surface area contributed by atoms with Crippen LogP contribution in [0.5, 0.6) is 0 Å². The smallest absolute Gasteiger partial charge is 0.150 e. The molecule has 1 aliphatic heterocycles. The van der Waals surface area contributed by atoms with Crippen LogP contribution in [0.2, 0.25) is 0 Å². The van der Waals surface area contributed by atoms with Gasteiger partial charge in [0.2, 0.25) is 0 Å². The predicted molar refractivity (Wildman–Crippen MR) is 60.6 cm³/mol. The predicted octanol–water partition coefficient (Wildman–Crippen LogP) is 0.894. The second kappa shape index (κ2) is 4.19. The Kier molecular flexibility index (Phi) is 3.08. The summed E-state index contributed by atoms with van der Waals surface area (Å²) >= 11 is 1.61. The van der Waals surface area contributed by atoms with Crippen LogP contribution < -0.4 is 5.73 Å². The summed E-state index contributed by atoms with van der Waals surface area (Å²) < 4.78 is 22.5. The summed E-state index contributed by atoms with van der Waals surface area (Å²) in [6, 6.07) is 0. The molecule has 4 nitrogen and oxygen atoms in total. The second-order valence-electron chi connectivity index (χ2n) is 3.80. The zero-order valence-electron chi connectivity index (χ0n) is 8.35. The third-order valence-corrected chi connectivity index (χ3v) is 5.57. The molecule has 0 aromatic carbocycles. The topological polar surface area (TPSA) is 73.0 Å². The normalized spacial score (nSPS) is 21.7. The van der Waals surface area contributed by atoms with Gasteiger partial charge in [-0.25, -0.2) is 13.4 Å². The number of nitrogens with zero attached hydrogens (tertiary/aromatic N) is 1. The third kappa shape index (κ3) is 2.56. The van der Waals surface area contributed by atoms with Crippen molar-refractivity contribution in [2.24, 2.45) is 5.73 Å². The molecule has 84 valence electrons. The molecule has 0 aliphatic carbocycles. The number of sulfone groups is 1. The minimum absolute atomic E-state index is 0.301. The van der Waals surface area contributed by atoms with Crippen molar-refractivity contribution in [1.82, 2.24) is 4.98 Å². The van der Waals surface area contributed by atoms with Gasteiger partial charge in [-0.2, -0.15) is 0 Å². The standard InChI is InChI=1S/C9H14N2O2S2/c10-5-8-6-11-9(14-8)7-1-3-15(12,13)4-2-7/h6-7H,1-5,10H2. The van der Waals surface area contributed by atoms with Gasteiger partial charge in [-0.15, -0.1) is 11.3 Å². The van der Waals surface area contributed by atoms with Crippen molar-refractivity contribution in [3.05, 3.63) is 16.1 Å². The molecule has 1 aromatic heterocycles. The molecule has 2 rings (SSSR count). The summed E-state index contributed by atoms with van der Waals surface area (Å²) in [6.07, 6.45) is 3.21. The Hall–Kier alpha value is -0.460. The van der Waals surface area contributed by atoms with Crippen LogP contribution in [-0.4, -0.2) is 24.9 Å². The monoisotopic (exact) mass is 246 g/mol. The van der Waals surface area contributed by atoms with Gasteiger partial charge in [0.05, 0.1) is 16.5 Å². The Bertz CT molecular complexity index is 425. The van der Waals surface area contributed by atoms with E-state index in [1.165, 1.54) is 0 Å². The lowest BCUT2D eigenvalue weighted by Gasteiger charge is -2.19. The van der Waals surface area contributed by atoms with Crippen LogP contribution in [0.1, 0.15) is 28.6 Å². The molecule has 1 saturated heterocycles. The number of nitrogens with two attached hydrogens (primary N) is 1. The Morgan fingerprint density at radius 1 is 1.47 bits per heavy atom. The molecule has 6 heteroatoms. The fourth-order valence-electron chi connectivity index (χ4n) is 1.74. The minimum Gasteiger partial charge on any atom is -0.326 e. The van der Waals surface area contributed by atoms with Gasteiger partial charge in [-0.1, -0.05) is 0 Å². The van der Waals surface area contributed by atoms with Gasteiger partial charge >= 0.3 is 0 Å². The highest BCUT2D eigenvalue weighted by Gasteiger charge is 2.26. The van der Waals surface area contributed by atoms with Gasteiger partial charge in [0.15, 0.2) is 0 Å². The van der Waals surface area contributed by atoms with Gasteiger partial charge in [-0.05, 0) is 12.8 Å². The van der Waals surface area contributed by atoms with Gasteiger partial charge in [0.1, 0.15) is 9.84 Å². The highest BCUT2D eigenvalue weighted by atomic mass is 32.2. The average Bonchev–Trinajstić information content (AvgIpc) is 2.66. The van der Waals surface area contributed by atoms with Crippen molar-refractivity contribution in [3.8, 4) is 0 Å². The quantitative estimate of drug-likeness (QED) is 0.841. The molecule has 0 radical (unpaired) electrons. The molecular weight excluding hydrogens is 232 g/mol. The molecule has 0 unspecified atom stereocenters. The Labute approximate surface area is 93.4 Å². The van der Waals surface area contributed by atoms with E-state index in [-0.39, 0.29) is 0 Å². The maximum atomic E-state index is 11.3. The van der Waals surface area contributed by atoms with E-state index in [4.69, 9.17) is 5.73 Å². The van der Waals surface area contributed by atoms with E-state index >= 15 is 0 Å². The minimum atomic E-state index is -2.77. The third-order valence-electron chi connectivity index (χ3n) is 2.68. The summed E-state index contributed by atoms with van der Waals surface area (Å²) in [5.74, 6) is 0.920. The van der Waals surface area contributed by atoms with Crippen LogP contribution in [0.4, 0.5) is 0 Å². The highest BCUT2D eigenvalue weighted by Crippen LogP contribution is 2.31. The first-order valence-electron chi connectivity index (χ1n) is 4.96. The van der Waals surface area contributed by atoms with E-state index in [0.717, 1.165) is 9.88 Å². The fourth-order valence-corrected chi connectivity index (χ4v) is 4.20. The van der Waals surface area contributed by atoms with E-state index in [1.54, 1.807) is 17.5 Å². The zero-order chi connectivity index (χ0) is 10.9. The van der Waals surface area contributed by atoms with Crippen molar-refractivity contribution in [2.75, 3.05) is 11.5 Å². The lowest BCUT2D eigenvalue weighted by atomic mass is 10.0. The number of rotatable bonds is 2. The maximum Gasteiger partial charge on any atom is 0.150 e. The van der Waals surface area contributed by atoms with Crippen LogP contribution in [0.3, 0.4) is 0 Å². The van der Waals surface area contributed by atoms with E-state index in [2.05, 4.69) is 4.98 Å². The number of hydrogen-bond donors (Lipinski definition) is 1. The molecule has 1 aliphatic rings. The Morgan fingerprint density at radius 2 is 2.13 bits per heavy atom. The van der Waals surface area contributed by atoms with Crippen molar-refractivity contribution in [2.45, 2.75) is 25.3 Å². The molecule has 0 atom stereocenters. The first-order chi connectivity index (χ1) is 7.11. The van der Waals surface area contributed by atoms with Crippen LogP contribution >= 0.6 is 11.3 Å². The molecule has 0 spiro atoms. The molecule has 1 aromatic rings. The summed E-state index contributed by atoms with van der Waals surface area (Å²) in [5, 5.41) is 1.05. The number of hydrogen-bond acceptors (Lipinski definition) is 5. The van der Waals surface area contributed by atoms with E-state index in [9.17, 15) is 8.42 Å². The van der Waals surface area contributed by atoms with Crippen molar-refractivity contribution < 1.29 is 8.42 Å². The summed E-state index contributed by atoms with van der Waals surface area (Å²) in [7, 11) is -2.77. The first-order valence-corrected chi connectivity index (χ1v) is 7.59. The molecule has 2 N–H and O–H groups in total. The molecule has 2 heterocycles. The molecule has 0 amide bonds. The average molecular weight is 246 g/mol. The van der Waals surface area contributed by atoms with Gasteiger partial charge < -0.3 is 5.73 Å². The van der Waals surface area contributed by atoms with Gasteiger partial charge in [0, 0.05) is 23.5 Å². The highest BCUT2D eigenvalue weighted by molar-refractivity contribution is 7.91. The summed E-state index contributed by atoms with van der Waals surface area (Å²) in [6.45, 7) is 0.517. The van der Waals surface area contributed by atoms with Crippen LogP contribution in [0, 0.1) is 0 Å². The molecule has 15 heavy (non-hydrogen) atoms. The zero-order valence-corrected chi connectivity index (χ0v) is 9.98. The van der Waals surface area contributed by atoms with Crippen LogP contribution in [0.15, 0.2) is 6.20 Å². The van der Waals surface area contributed by atoms with Crippen molar-refractivity contribution in [3.63, 3.8) is 0 Å². The van der Waals surface area contributed by atoms with Crippen LogP contribution in [0.25, 0.3) is 0 Å². The molecular formula is C9H14N2O2S2. The van der Waals surface area contributed by atoms with E-state index < -0.39 is 9.84 Å². The molecule has 1 fully saturated rings. The lowest BCUT2D eigenvalue weighted by Crippen LogP contribution is -2.21. The lowest BCUT2D eigenvalue weighted by molar-refractivity contribution is 0.549. The summed E-state index contributed by atoms with van der Waals surface area (Å²) in [5.41, 5.74) is 5.51. The SMILES string of the molecule is NCc1cnc(C2CCS(=O)(=O)CC2)s1. The first kappa shape index (κ1) is 11.0. The molecule has 0 bridgehead atoms. The van der Waals surface area contributed by atoms with Crippen molar-refractivity contribution >= 4 is 21.2 Å². The van der Waals surface area contributed by atoms with Gasteiger partial charge in [-0.3, -0.25) is 0 Å². The number of thiazole rings is 1. The molecule has 0 saturated carbocycles.